The van der Waals surface area contributed by atoms with Crippen LogP contribution in [0.25, 0.3) is 0 Å². The predicted octanol–water partition coefficient (Wildman–Crippen LogP) is 6.11. The van der Waals surface area contributed by atoms with Crippen molar-refractivity contribution in [2.24, 2.45) is 23.7 Å². The van der Waals surface area contributed by atoms with Gasteiger partial charge in [-0.3, -0.25) is 9.59 Å². The van der Waals surface area contributed by atoms with Crippen LogP contribution in [-0.4, -0.2) is 58.6 Å². The van der Waals surface area contributed by atoms with Crippen LogP contribution in [0.1, 0.15) is 93.8 Å². The zero-order valence-corrected chi connectivity index (χ0v) is 23.8. The SMILES string of the molecule is O=C(O)C[C@@H]1CCCN(c2ccc(C(=O)NC3C4CCC5CC[C@@](OC(F)F)(C4)CC53)c(SC3CCCC3)n2)C1. The molecule has 5 fully saturated rings. The number of alkyl halides is 2. The summed E-state index contributed by atoms with van der Waals surface area (Å²) in [4.78, 5) is 32.4. The van der Waals surface area contributed by atoms with E-state index in [9.17, 15) is 23.5 Å². The van der Waals surface area contributed by atoms with Crippen LogP contribution in [-0.2, 0) is 9.53 Å². The summed E-state index contributed by atoms with van der Waals surface area (Å²) < 4.78 is 31.8. The normalized spacial score (nSPS) is 33.9. The molecule has 1 aromatic rings. The highest BCUT2D eigenvalue weighted by molar-refractivity contribution is 7.99. The number of aliphatic carboxylic acids is 1. The van der Waals surface area contributed by atoms with Crippen LogP contribution in [0.2, 0.25) is 0 Å². The van der Waals surface area contributed by atoms with Gasteiger partial charge in [0.1, 0.15) is 10.8 Å². The van der Waals surface area contributed by atoms with E-state index in [2.05, 4.69) is 10.2 Å². The van der Waals surface area contributed by atoms with Gasteiger partial charge in [-0.05, 0) is 100 Å². The lowest BCUT2D eigenvalue weighted by molar-refractivity contribution is -0.251. The van der Waals surface area contributed by atoms with Gasteiger partial charge in [0.15, 0.2) is 0 Å². The van der Waals surface area contributed by atoms with E-state index in [1.165, 1.54) is 12.8 Å². The first-order valence-electron chi connectivity index (χ1n) is 15.2. The number of amides is 1. The van der Waals surface area contributed by atoms with Crippen LogP contribution >= 0.6 is 11.8 Å². The van der Waals surface area contributed by atoms with Crippen LogP contribution in [0.4, 0.5) is 14.6 Å². The minimum Gasteiger partial charge on any atom is -0.481 e. The number of hydrogen-bond donors (Lipinski definition) is 2. The second kappa shape index (κ2) is 11.7. The highest BCUT2D eigenvalue weighted by atomic mass is 32.2. The van der Waals surface area contributed by atoms with Gasteiger partial charge >= 0.3 is 12.6 Å². The number of thioether (sulfide) groups is 1. The van der Waals surface area contributed by atoms with E-state index >= 15 is 0 Å². The molecule has 4 saturated carbocycles. The fourth-order valence-electron chi connectivity index (χ4n) is 8.51. The molecule has 4 unspecified atom stereocenters. The molecule has 220 valence electrons. The Labute approximate surface area is 239 Å². The lowest BCUT2D eigenvalue weighted by Gasteiger charge is -2.58. The third kappa shape index (κ3) is 5.98. The lowest BCUT2D eigenvalue weighted by atomic mass is 9.53. The molecule has 40 heavy (non-hydrogen) atoms. The van der Waals surface area contributed by atoms with Crippen molar-refractivity contribution >= 4 is 29.5 Å². The van der Waals surface area contributed by atoms with Gasteiger partial charge in [0.25, 0.3) is 5.91 Å². The molecular formula is C30H41F2N3O4S. The van der Waals surface area contributed by atoms with Crippen LogP contribution in [0.5, 0.6) is 0 Å². The van der Waals surface area contributed by atoms with Gasteiger partial charge in [0, 0.05) is 30.8 Å². The fraction of sp³-hybridized carbons (Fsp3) is 0.767. The summed E-state index contributed by atoms with van der Waals surface area (Å²) in [6, 6.07) is 3.78. The summed E-state index contributed by atoms with van der Waals surface area (Å²) in [5.74, 6) is 0.784. The number of ether oxygens (including phenoxy) is 1. The highest BCUT2D eigenvalue weighted by Gasteiger charge is 2.55. The third-order valence-corrected chi connectivity index (χ3v) is 11.6. The number of nitrogens with zero attached hydrogens (tertiary/aromatic N) is 2. The van der Waals surface area contributed by atoms with Crippen molar-refractivity contribution in [1.82, 2.24) is 10.3 Å². The first-order valence-corrected chi connectivity index (χ1v) is 16.1. The molecule has 5 aliphatic rings. The average Bonchev–Trinajstić information content (AvgIpc) is 3.41. The minimum absolute atomic E-state index is 0.0242. The second-order valence-electron chi connectivity index (χ2n) is 12.9. The number of carboxylic acid groups (broad SMARTS) is 1. The zero-order chi connectivity index (χ0) is 27.9. The molecule has 2 heterocycles. The molecule has 6 rings (SSSR count). The Morgan fingerprint density at radius 1 is 1.10 bits per heavy atom. The summed E-state index contributed by atoms with van der Waals surface area (Å²) in [6.07, 6.45) is 11.4. The molecule has 3 bridgehead atoms. The third-order valence-electron chi connectivity index (χ3n) is 10.3. The van der Waals surface area contributed by atoms with E-state index in [4.69, 9.17) is 9.72 Å². The van der Waals surface area contributed by atoms with Crippen LogP contribution < -0.4 is 10.2 Å². The molecule has 1 aromatic heterocycles. The number of rotatable bonds is 9. The number of carbonyl (C=O) groups excluding carboxylic acids is 1. The Morgan fingerprint density at radius 3 is 2.67 bits per heavy atom. The van der Waals surface area contributed by atoms with E-state index < -0.39 is 18.2 Å². The van der Waals surface area contributed by atoms with Crippen molar-refractivity contribution in [3.63, 3.8) is 0 Å². The van der Waals surface area contributed by atoms with Crippen molar-refractivity contribution in [3.8, 4) is 0 Å². The molecule has 1 amide bonds. The molecule has 6 atom stereocenters. The van der Waals surface area contributed by atoms with Crippen LogP contribution in [0.3, 0.4) is 0 Å². The van der Waals surface area contributed by atoms with Crippen molar-refractivity contribution in [2.75, 3.05) is 18.0 Å². The summed E-state index contributed by atoms with van der Waals surface area (Å²) >= 11 is 1.70. The quantitative estimate of drug-likeness (QED) is 0.366. The standard InChI is InChI=1S/C30H41F2N3O4S/c31-29(32)39-30-12-11-19-7-8-20(15-30)26(23(19)16-30)34-27(38)22-9-10-24(33-28(22)40-21-5-1-2-6-21)35-13-3-4-18(17-35)14-25(36)37/h9-10,18-21,23,26,29H,1-8,11-17H2,(H,34,38)(H,36,37)/t18-,19?,20?,23?,26?,30+/m0/s1. The fourth-order valence-corrected chi connectivity index (χ4v) is 9.83. The molecular weight excluding hydrogens is 536 g/mol. The molecule has 0 aromatic carbocycles. The van der Waals surface area contributed by atoms with Gasteiger partial charge < -0.3 is 20.1 Å². The van der Waals surface area contributed by atoms with Crippen LogP contribution in [0, 0.1) is 23.7 Å². The lowest BCUT2D eigenvalue weighted by Crippen LogP contribution is -2.61. The van der Waals surface area contributed by atoms with Gasteiger partial charge in [-0.1, -0.05) is 12.8 Å². The molecule has 2 N–H and O–H groups in total. The molecule has 10 heteroatoms. The Balaban J connectivity index is 1.21. The monoisotopic (exact) mass is 577 g/mol. The first-order chi connectivity index (χ1) is 19.3. The molecule has 0 spiro atoms. The number of fused-ring (bicyclic) bond motifs is 2. The summed E-state index contributed by atoms with van der Waals surface area (Å²) in [7, 11) is 0. The number of piperidine rings is 1. The Morgan fingerprint density at radius 2 is 1.90 bits per heavy atom. The van der Waals surface area contributed by atoms with Crippen molar-refractivity contribution in [2.45, 2.75) is 112 Å². The number of carboxylic acids is 1. The number of pyridine rings is 1. The minimum atomic E-state index is -2.76. The average molecular weight is 578 g/mol. The number of nitrogens with one attached hydrogen (secondary N) is 1. The predicted molar refractivity (Wildman–Crippen MR) is 149 cm³/mol. The van der Waals surface area contributed by atoms with Gasteiger partial charge in [0.2, 0.25) is 0 Å². The molecule has 1 saturated heterocycles. The van der Waals surface area contributed by atoms with E-state index in [0.29, 0.717) is 42.5 Å². The Hall–Kier alpha value is -1.94. The topological polar surface area (TPSA) is 91.8 Å². The van der Waals surface area contributed by atoms with Crippen molar-refractivity contribution < 1.29 is 28.2 Å². The summed E-state index contributed by atoms with van der Waals surface area (Å²) in [6.45, 7) is -1.27. The maximum Gasteiger partial charge on any atom is 0.345 e. The first kappa shape index (κ1) is 28.2. The molecule has 1 aliphatic heterocycles. The maximum absolute atomic E-state index is 13.9. The van der Waals surface area contributed by atoms with Crippen molar-refractivity contribution in [3.05, 3.63) is 17.7 Å². The van der Waals surface area contributed by atoms with E-state index in [-0.39, 0.29) is 36.1 Å². The molecule has 7 nitrogen and oxygen atoms in total. The summed E-state index contributed by atoms with van der Waals surface area (Å²) in [5, 5.41) is 13.8. The van der Waals surface area contributed by atoms with Gasteiger partial charge in [-0.2, -0.15) is 8.78 Å². The highest BCUT2D eigenvalue weighted by Crippen LogP contribution is 2.56. The van der Waals surface area contributed by atoms with E-state index in [0.717, 1.165) is 62.3 Å². The van der Waals surface area contributed by atoms with Crippen molar-refractivity contribution in [1.29, 1.82) is 0 Å². The second-order valence-corrected chi connectivity index (χ2v) is 14.2. The maximum atomic E-state index is 13.9. The van der Waals surface area contributed by atoms with E-state index in [1.54, 1.807) is 11.8 Å². The Kier molecular flexibility index (Phi) is 8.28. The number of halogens is 2. The summed E-state index contributed by atoms with van der Waals surface area (Å²) in [5.41, 5.74) is -0.159. The largest absolute Gasteiger partial charge is 0.481 e. The number of hydrogen-bond acceptors (Lipinski definition) is 6. The number of anilines is 1. The number of carbonyl (C=O) groups is 2. The van der Waals surface area contributed by atoms with Gasteiger partial charge in [0.05, 0.1) is 11.2 Å². The van der Waals surface area contributed by atoms with E-state index in [1.807, 2.05) is 12.1 Å². The number of aromatic nitrogens is 1. The van der Waals surface area contributed by atoms with Gasteiger partial charge in [-0.25, -0.2) is 4.98 Å². The smallest absolute Gasteiger partial charge is 0.345 e. The van der Waals surface area contributed by atoms with Crippen LogP contribution in [0.15, 0.2) is 17.2 Å². The zero-order valence-electron chi connectivity index (χ0n) is 23.0. The Bertz CT molecular complexity index is 1100. The van der Waals surface area contributed by atoms with Gasteiger partial charge in [-0.15, -0.1) is 11.8 Å². The molecule has 4 aliphatic carbocycles. The molecule has 0 radical (unpaired) electrons.